The molecule has 3 rings (SSSR count). The number of rotatable bonds is 7. The van der Waals surface area contributed by atoms with Crippen molar-refractivity contribution in [2.24, 2.45) is 0 Å². The van der Waals surface area contributed by atoms with Gasteiger partial charge in [-0.1, -0.05) is 24.3 Å². The summed E-state index contributed by atoms with van der Waals surface area (Å²) in [5, 5.41) is 3.41. The van der Waals surface area contributed by atoms with Gasteiger partial charge in [0.25, 0.3) is 0 Å². The first-order valence-electron chi connectivity index (χ1n) is 8.67. The van der Waals surface area contributed by atoms with Gasteiger partial charge < -0.3 is 14.8 Å². The highest BCUT2D eigenvalue weighted by atomic mass is 19.1. The number of halogens is 1. The van der Waals surface area contributed by atoms with Crippen molar-refractivity contribution in [1.82, 2.24) is 10.2 Å². The van der Waals surface area contributed by atoms with Gasteiger partial charge in [-0.05, 0) is 35.4 Å². The van der Waals surface area contributed by atoms with Crippen molar-refractivity contribution in [3.8, 4) is 5.75 Å². The zero-order valence-electron chi connectivity index (χ0n) is 14.6. The maximum absolute atomic E-state index is 13.6. The number of hydrogen-bond donors (Lipinski definition) is 1. The largest absolute Gasteiger partial charge is 0.491 e. The van der Waals surface area contributed by atoms with Crippen LogP contribution in [0.4, 0.5) is 4.39 Å². The minimum atomic E-state index is -0.184. The fraction of sp³-hybridized carbons (Fsp3) is 0.400. The standard InChI is InChI=1S/C20H25FN2O2/c1-24-10-11-25-19-7-2-4-16(12-19)15-23-9-8-22-14-20(23)17-5-3-6-18(21)13-17/h2-7,12-13,20,22H,8-11,14-15H2,1H3. The summed E-state index contributed by atoms with van der Waals surface area (Å²) in [4.78, 5) is 2.39. The van der Waals surface area contributed by atoms with Gasteiger partial charge in [-0.3, -0.25) is 4.90 Å². The van der Waals surface area contributed by atoms with E-state index in [4.69, 9.17) is 9.47 Å². The first-order chi connectivity index (χ1) is 12.3. The van der Waals surface area contributed by atoms with Gasteiger partial charge in [-0.25, -0.2) is 4.39 Å². The minimum Gasteiger partial charge on any atom is -0.491 e. The highest BCUT2D eigenvalue weighted by molar-refractivity contribution is 5.29. The maximum Gasteiger partial charge on any atom is 0.123 e. The summed E-state index contributed by atoms with van der Waals surface area (Å²) in [6.07, 6.45) is 0. The molecular weight excluding hydrogens is 319 g/mol. The number of ether oxygens (including phenoxy) is 2. The molecule has 1 aliphatic rings. The van der Waals surface area contributed by atoms with Gasteiger partial charge >= 0.3 is 0 Å². The van der Waals surface area contributed by atoms with Crippen LogP contribution in [0.5, 0.6) is 5.75 Å². The molecule has 0 bridgehead atoms. The Morgan fingerprint density at radius 3 is 2.88 bits per heavy atom. The van der Waals surface area contributed by atoms with Crippen molar-refractivity contribution in [2.45, 2.75) is 12.6 Å². The Morgan fingerprint density at radius 2 is 2.04 bits per heavy atom. The summed E-state index contributed by atoms with van der Waals surface area (Å²) in [6.45, 7) is 4.62. The lowest BCUT2D eigenvalue weighted by Crippen LogP contribution is -2.45. The van der Waals surface area contributed by atoms with Crippen LogP contribution in [0.2, 0.25) is 0 Å². The first-order valence-corrected chi connectivity index (χ1v) is 8.67. The van der Waals surface area contributed by atoms with Gasteiger partial charge in [0.15, 0.2) is 0 Å². The van der Waals surface area contributed by atoms with E-state index in [9.17, 15) is 4.39 Å². The quantitative estimate of drug-likeness (QED) is 0.783. The molecule has 1 N–H and O–H groups in total. The van der Waals surface area contributed by atoms with E-state index in [-0.39, 0.29) is 11.9 Å². The molecule has 1 unspecified atom stereocenters. The van der Waals surface area contributed by atoms with Crippen molar-refractivity contribution in [3.05, 3.63) is 65.5 Å². The van der Waals surface area contributed by atoms with Gasteiger partial charge in [0.1, 0.15) is 18.2 Å². The molecule has 1 fully saturated rings. The second kappa shape index (κ2) is 8.94. The second-order valence-electron chi connectivity index (χ2n) is 6.23. The SMILES string of the molecule is COCCOc1cccc(CN2CCNCC2c2cccc(F)c2)c1. The van der Waals surface area contributed by atoms with E-state index >= 15 is 0 Å². The predicted molar refractivity (Wildman–Crippen MR) is 96.2 cm³/mol. The minimum absolute atomic E-state index is 0.169. The topological polar surface area (TPSA) is 33.7 Å². The van der Waals surface area contributed by atoms with Crippen molar-refractivity contribution in [2.75, 3.05) is 40.0 Å². The van der Waals surface area contributed by atoms with Crippen molar-refractivity contribution >= 4 is 0 Å². The number of methoxy groups -OCH3 is 1. The first kappa shape index (κ1) is 17.9. The molecule has 4 nitrogen and oxygen atoms in total. The van der Waals surface area contributed by atoms with E-state index in [1.54, 1.807) is 19.2 Å². The molecule has 0 spiro atoms. The smallest absolute Gasteiger partial charge is 0.123 e. The van der Waals surface area contributed by atoms with Crippen LogP contribution in [0.25, 0.3) is 0 Å². The molecule has 2 aromatic carbocycles. The van der Waals surface area contributed by atoms with Crippen LogP contribution >= 0.6 is 0 Å². The third-order valence-corrected chi connectivity index (χ3v) is 4.43. The summed E-state index contributed by atoms with van der Waals surface area (Å²) in [5.74, 6) is 0.670. The Kier molecular flexibility index (Phi) is 6.39. The van der Waals surface area contributed by atoms with Crippen LogP contribution in [-0.2, 0) is 11.3 Å². The van der Waals surface area contributed by atoms with Crippen molar-refractivity contribution < 1.29 is 13.9 Å². The van der Waals surface area contributed by atoms with E-state index < -0.39 is 0 Å². The van der Waals surface area contributed by atoms with Gasteiger partial charge in [-0.15, -0.1) is 0 Å². The Bertz CT molecular complexity index is 680. The summed E-state index contributed by atoms with van der Waals surface area (Å²) >= 11 is 0. The molecule has 0 aliphatic carbocycles. The Balaban J connectivity index is 1.70. The lowest BCUT2D eigenvalue weighted by Gasteiger charge is -2.36. The molecule has 0 radical (unpaired) electrons. The molecule has 5 heteroatoms. The summed E-state index contributed by atoms with van der Waals surface area (Å²) in [6, 6.07) is 15.2. The lowest BCUT2D eigenvalue weighted by atomic mass is 10.0. The zero-order valence-corrected chi connectivity index (χ0v) is 14.6. The molecule has 134 valence electrons. The van der Waals surface area contributed by atoms with Crippen LogP contribution in [0, 0.1) is 5.82 Å². The maximum atomic E-state index is 13.6. The predicted octanol–water partition coefficient (Wildman–Crippen LogP) is 3.00. The molecular formula is C20H25FN2O2. The molecule has 1 aliphatic heterocycles. The third kappa shape index (κ3) is 5.01. The highest BCUT2D eigenvalue weighted by Crippen LogP contribution is 2.25. The van der Waals surface area contributed by atoms with Crippen LogP contribution < -0.4 is 10.1 Å². The molecule has 25 heavy (non-hydrogen) atoms. The molecule has 1 saturated heterocycles. The van der Waals surface area contributed by atoms with Crippen molar-refractivity contribution in [3.63, 3.8) is 0 Å². The average Bonchev–Trinajstić information content (AvgIpc) is 2.63. The average molecular weight is 344 g/mol. The van der Waals surface area contributed by atoms with Crippen LogP contribution in [0.3, 0.4) is 0 Å². The Morgan fingerprint density at radius 1 is 1.16 bits per heavy atom. The molecule has 0 amide bonds. The van der Waals surface area contributed by atoms with Crippen LogP contribution in [0.15, 0.2) is 48.5 Å². The van der Waals surface area contributed by atoms with E-state index in [1.165, 1.54) is 11.6 Å². The van der Waals surface area contributed by atoms with E-state index in [2.05, 4.69) is 22.3 Å². The van der Waals surface area contributed by atoms with Gasteiger partial charge in [0, 0.05) is 39.3 Å². The lowest BCUT2D eigenvalue weighted by molar-refractivity contribution is 0.145. The normalized spacial score (nSPS) is 18.2. The molecule has 1 heterocycles. The zero-order chi connectivity index (χ0) is 17.5. The van der Waals surface area contributed by atoms with Crippen molar-refractivity contribution in [1.29, 1.82) is 0 Å². The van der Waals surface area contributed by atoms with E-state index in [1.807, 2.05) is 18.2 Å². The monoisotopic (exact) mass is 344 g/mol. The van der Waals surface area contributed by atoms with Crippen LogP contribution in [-0.4, -0.2) is 44.9 Å². The van der Waals surface area contributed by atoms with E-state index in [0.717, 1.165) is 37.5 Å². The summed E-state index contributed by atoms with van der Waals surface area (Å²) in [5.41, 5.74) is 2.21. The molecule has 0 saturated carbocycles. The van der Waals surface area contributed by atoms with Gasteiger partial charge in [0.2, 0.25) is 0 Å². The number of benzene rings is 2. The summed E-state index contributed by atoms with van der Waals surface area (Å²) < 4.78 is 24.3. The van der Waals surface area contributed by atoms with Crippen LogP contribution in [0.1, 0.15) is 17.2 Å². The number of nitrogens with one attached hydrogen (secondary N) is 1. The van der Waals surface area contributed by atoms with Gasteiger partial charge in [-0.2, -0.15) is 0 Å². The number of hydrogen-bond acceptors (Lipinski definition) is 4. The van der Waals surface area contributed by atoms with Gasteiger partial charge in [0.05, 0.1) is 6.61 Å². The number of nitrogens with zero attached hydrogens (tertiary/aromatic N) is 1. The fourth-order valence-corrected chi connectivity index (χ4v) is 3.19. The number of piperazine rings is 1. The Hall–Kier alpha value is -1.95. The molecule has 2 aromatic rings. The third-order valence-electron chi connectivity index (χ3n) is 4.43. The second-order valence-corrected chi connectivity index (χ2v) is 6.23. The Labute approximate surface area is 148 Å². The van der Waals surface area contributed by atoms with E-state index in [0.29, 0.717) is 13.2 Å². The fourth-order valence-electron chi connectivity index (χ4n) is 3.19. The highest BCUT2D eigenvalue weighted by Gasteiger charge is 2.24. The summed E-state index contributed by atoms with van der Waals surface area (Å²) in [7, 11) is 1.66. The molecule has 0 aromatic heterocycles. The molecule has 1 atom stereocenters.